The van der Waals surface area contributed by atoms with Crippen LogP contribution in [0.15, 0.2) is 0 Å². The van der Waals surface area contributed by atoms with E-state index in [1.807, 2.05) is 0 Å². The molecule has 0 amide bonds. The summed E-state index contributed by atoms with van der Waals surface area (Å²) >= 11 is 0. The van der Waals surface area contributed by atoms with E-state index in [9.17, 15) is 0 Å². The molecule has 4 aliphatic carbocycles. The minimum absolute atomic E-state index is 0.660. The molecule has 1 nitrogen and oxygen atoms in total. The zero-order valence-corrected chi connectivity index (χ0v) is 15.0. The van der Waals surface area contributed by atoms with Crippen LogP contribution in [0, 0.1) is 40.9 Å². The Hall–Kier alpha value is -0.0400. The highest BCUT2D eigenvalue weighted by Gasteiger charge is 2.52. The van der Waals surface area contributed by atoms with Crippen LogP contribution in [0.5, 0.6) is 0 Å². The minimum atomic E-state index is 0.660. The molecule has 0 saturated heterocycles. The Morgan fingerprint density at radius 2 is 1.24 bits per heavy atom. The molecular weight excluding hydrogens is 254 g/mol. The second-order valence-corrected chi connectivity index (χ2v) is 9.56. The van der Waals surface area contributed by atoms with Gasteiger partial charge < -0.3 is 5.32 Å². The van der Waals surface area contributed by atoms with Crippen molar-refractivity contribution >= 4 is 0 Å². The van der Waals surface area contributed by atoms with E-state index in [1.54, 1.807) is 19.3 Å². The predicted molar refractivity (Wildman–Crippen MR) is 91.2 cm³/mol. The Morgan fingerprint density at radius 1 is 0.810 bits per heavy atom. The quantitative estimate of drug-likeness (QED) is 0.717. The third kappa shape index (κ3) is 3.05. The lowest BCUT2D eigenvalue weighted by Gasteiger charge is -2.59. The van der Waals surface area contributed by atoms with Crippen LogP contribution < -0.4 is 5.32 Å². The van der Waals surface area contributed by atoms with E-state index in [0.717, 1.165) is 41.5 Å². The lowest BCUT2D eigenvalue weighted by molar-refractivity contribution is -0.0713. The van der Waals surface area contributed by atoms with Crippen molar-refractivity contribution in [2.75, 3.05) is 6.54 Å². The van der Waals surface area contributed by atoms with Crippen molar-refractivity contribution < 1.29 is 0 Å². The van der Waals surface area contributed by atoms with Gasteiger partial charge >= 0.3 is 0 Å². The summed E-state index contributed by atoms with van der Waals surface area (Å²) in [5.74, 6) is 5.63. The van der Waals surface area contributed by atoms with Gasteiger partial charge in [-0.25, -0.2) is 0 Å². The highest BCUT2D eigenvalue weighted by Crippen LogP contribution is 2.61. The molecule has 4 saturated carbocycles. The van der Waals surface area contributed by atoms with Crippen LogP contribution in [0.3, 0.4) is 0 Å². The van der Waals surface area contributed by atoms with Gasteiger partial charge in [-0.1, -0.05) is 27.7 Å². The second kappa shape index (κ2) is 5.87. The smallest absolute Gasteiger partial charge is 0.00956 e. The second-order valence-electron chi connectivity index (χ2n) is 9.56. The van der Waals surface area contributed by atoms with Gasteiger partial charge in [-0.15, -0.1) is 0 Å². The molecule has 0 aromatic rings. The van der Waals surface area contributed by atoms with E-state index in [0.29, 0.717) is 5.41 Å². The fourth-order valence-corrected chi connectivity index (χ4v) is 6.48. The molecule has 21 heavy (non-hydrogen) atoms. The van der Waals surface area contributed by atoms with E-state index in [1.165, 1.54) is 25.8 Å². The summed E-state index contributed by atoms with van der Waals surface area (Å²) in [6, 6.07) is 0.728. The van der Waals surface area contributed by atoms with Crippen molar-refractivity contribution in [1.29, 1.82) is 0 Å². The maximum atomic E-state index is 4.00. The number of rotatable bonds is 6. The van der Waals surface area contributed by atoms with Gasteiger partial charge in [-0.3, -0.25) is 0 Å². The average molecular weight is 292 g/mol. The summed E-state index contributed by atoms with van der Waals surface area (Å²) in [7, 11) is 0. The average Bonchev–Trinajstić information content (AvgIpc) is 2.36. The molecule has 122 valence electrons. The van der Waals surface area contributed by atoms with Crippen LogP contribution in [-0.2, 0) is 0 Å². The highest BCUT2D eigenvalue weighted by molar-refractivity contribution is 5.05. The lowest BCUT2D eigenvalue weighted by Crippen LogP contribution is -2.55. The normalized spacial score (nSPS) is 39.7. The van der Waals surface area contributed by atoms with Gasteiger partial charge in [0, 0.05) is 6.04 Å². The topological polar surface area (TPSA) is 12.0 Å². The van der Waals surface area contributed by atoms with Crippen LogP contribution in [-0.4, -0.2) is 12.6 Å². The van der Waals surface area contributed by atoms with E-state index in [4.69, 9.17) is 0 Å². The van der Waals surface area contributed by atoms with Gasteiger partial charge in [0.2, 0.25) is 0 Å². The van der Waals surface area contributed by atoms with Crippen molar-refractivity contribution in [3.05, 3.63) is 0 Å². The molecule has 1 atom stereocenters. The molecular formula is C20H37N. The fraction of sp³-hybridized carbons (Fsp3) is 1.00. The Labute approximate surface area is 132 Å². The first-order chi connectivity index (χ1) is 9.89. The summed E-state index contributed by atoms with van der Waals surface area (Å²) < 4.78 is 0. The molecule has 4 aliphatic rings. The molecule has 0 spiro atoms. The van der Waals surface area contributed by atoms with Crippen LogP contribution >= 0.6 is 0 Å². The Bertz CT molecular complexity index is 314. The van der Waals surface area contributed by atoms with Gasteiger partial charge in [-0.2, -0.15) is 0 Å². The van der Waals surface area contributed by atoms with Gasteiger partial charge in [0.05, 0.1) is 0 Å². The first-order valence-electron chi connectivity index (χ1n) is 9.63. The SMILES string of the molecule is CC(C)C(CNC(C)C12CC3CC(CC(C3)C1)C2)C(C)C. The summed E-state index contributed by atoms with van der Waals surface area (Å²) in [5, 5.41) is 4.00. The third-order valence-electron chi connectivity index (χ3n) is 7.38. The lowest BCUT2D eigenvalue weighted by atomic mass is 9.48. The third-order valence-corrected chi connectivity index (χ3v) is 7.38. The van der Waals surface area contributed by atoms with E-state index in [-0.39, 0.29) is 0 Å². The van der Waals surface area contributed by atoms with E-state index in [2.05, 4.69) is 39.9 Å². The largest absolute Gasteiger partial charge is 0.313 e. The number of hydrogen-bond acceptors (Lipinski definition) is 1. The molecule has 0 aromatic carbocycles. The predicted octanol–water partition coefficient (Wildman–Crippen LogP) is 5.11. The van der Waals surface area contributed by atoms with Crippen molar-refractivity contribution in [1.82, 2.24) is 5.32 Å². The molecule has 4 bridgehead atoms. The molecule has 4 fully saturated rings. The first kappa shape index (κ1) is 15.8. The van der Waals surface area contributed by atoms with Gasteiger partial charge in [0.1, 0.15) is 0 Å². The summed E-state index contributed by atoms with van der Waals surface area (Å²) in [6.07, 6.45) is 9.27. The maximum absolute atomic E-state index is 4.00. The summed E-state index contributed by atoms with van der Waals surface area (Å²) in [4.78, 5) is 0. The molecule has 0 aromatic heterocycles. The molecule has 1 N–H and O–H groups in total. The molecule has 0 heterocycles. The zero-order valence-electron chi connectivity index (χ0n) is 15.0. The van der Waals surface area contributed by atoms with Crippen LogP contribution in [0.4, 0.5) is 0 Å². The van der Waals surface area contributed by atoms with E-state index < -0.39 is 0 Å². The van der Waals surface area contributed by atoms with Crippen molar-refractivity contribution in [2.45, 2.75) is 79.2 Å². The van der Waals surface area contributed by atoms with Crippen molar-refractivity contribution in [2.24, 2.45) is 40.9 Å². The molecule has 0 aliphatic heterocycles. The number of nitrogens with one attached hydrogen (secondary N) is 1. The summed E-state index contributed by atoms with van der Waals surface area (Å²) in [6.45, 7) is 13.3. The van der Waals surface area contributed by atoms with Crippen LogP contribution in [0.2, 0.25) is 0 Å². The van der Waals surface area contributed by atoms with Crippen LogP contribution in [0.25, 0.3) is 0 Å². The zero-order chi connectivity index (χ0) is 15.2. The van der Waals surface area contributed by atoms with Gasteiger partial charge in [0.15, 0.2) is 0 Å². The van der Waals surface area contributed by atoms with Crippen molar-refractivity contribution in [3.63, 3.8) is 0 Å². The standard InChI is InChI=1S/C20H37N/c1-13(2)19(14(3)4)12-21-15(5)20-9-16-6-17(10-20)8-18(7-16)11-20/h13-19,21H,6-12H2,1-5H3. The van der Waals surface area contributed by atoms with Gasteiger partial charge in [-0.05, 0) is 92.9 Å². The Morgan fingerprint density at radius 3 is 1.62 bits per heavy atom. The molecule has 4 rings (SSSR count). The Kier molecular flexibility index (Phi) is 4.43. The monoisotopic (exact) mass is 291 g/mol. The molecule has 1 heteroatoms. The summed E-state index contributed by atoms with van der Waals surface area (Å²) in [5.41, 5.74) is 0.660. The first-order valence-corrected chi connectivity index (χ1v) is 9.63. The highest BCUT2D eigenvalue weighted by atomic mass is 14.9. The minimum Gasteiger partial charge on any atom is -0.313 e. The van der Waals surface area contributed by atoms with Crippen molar-refractivity contribution in [3.8, 4) is 0 Å². The Balaban J connectivity index is 1.61. The molecule has 0 radical (unpaired) electrons. The fourth-order valence-electron chi connectivity index (χ4n) is 6.48. The maximum Gasteiger partial charge on any atom is 0.00956 e. The van der Waals surface area contributed by atoms with Crippen LogP contribution in [0.1, 0.15) is 73.1 Å². The molecule has 1 unspecified atom stereocenters. The number of hydrogen-bond donors (Lipinski definition) is 1. The van der Waals surface area contributed by atoms with E-state index >= 15 is 0 Å². The van der Waals surface area contributed by atoms with Gasteiger partial charge in [0.25, 0.3) is 0 Å².